The first-order valence-electron chi connectivity index (χ1n) is 6.15. The number of carbonyl (C=O) groups is 2. The Balaban J connectivity index is 2.02. The number of hydrogen-bond donors (Lipinski definition) is 2. The van der Waals surface area contributed by atoms with E-state index in [2.05, 4.69) is 15.6 Å². The summed E-state index contributed by atoms with van der Waals surface area (Å²) in [6.07, 6.45) is 1.61. The predicted octanol–water partition coefficient (Wildman–Crippen LogP) is 1.64. The molecule has 104 valence electrons. The van der Waals surface area contributed by atoms with Crippen molar-refractivity contribution in [2.75, 3.05) is 0 Å². The van der Waals surface area contributed by atoms with Crippen molar-refractivity contribution in [1.82, 2.24) is 15.6 Å². The van der Waals surface area contributed by atoms with Crippen molar-refractivity contribution in [3.8, 4) is 0 Å². The van der Waals surface area contributed by atoms with Gasteiger partial charge in [-0.15, -0.1) is 11.3 Å². The molecular weight excluding hydrogens is 274 g/mol. The second-order valence-electron chi connectivity index (χ2n) is 4.21. The van der Waals surface area contributed by atoms with Crippen molar-refractivity contribution in [2.45, 2.75) is 19.5 Å². The highest BCUT2D eigenvalue weighted by Gasteiger charge is 2.23. The van der Waals surface area contributed by atoms with Crippen molar-refractivity contribution >= 4 is 23.2 Å². The fourth-order valence-corrected chi connectivity index (χ4v) is 2.39. The van der Waals surface area contributed by atoms with Gasteiger partial charge in [-0.05, 0) is 5.56 Å². The van der Waals surface area contributed by atoms with Crippen LogP contribution in [0.5, 0.6) is 0 Å². The highest BCUT2D eigenvalue weighted by Crippen LogP contribution is 2.16. The van der Waals surface area contributed by atoms with E-state index >= 15 is 0 Å². The maximum atomic E-state index is 12.2. The predicted molar refractivity (Wildman–Crippen MR) is 77.0 cm³/mol. The Morgan fingerprint density at radius 2 is 2.05 bits per heavy atom. The van der Waals surface area contributed by atoms with Crippen molar-refractivity contribution < 1.29 is 9.59 Å². The number of rotatable bonds is 5. The van der Waals surface area contributed by atoms with E-state index < -0.39 is 6.04 Å². The molecule has 0 fully saturated rings. The van der Waals surface area contributed by atoms with Gasteiger partial charge in [0.15, 0.2) is 6.04 Å². The summed E-state index contributed by atoms with van der Waals surface area (Å²) >= 11 is 1.34. The molecule has 0 unspecified atom stereocenters. The zero-order valence-electron chi connectivity index (χ0n) is 11.0. The summed E-state index contributed by atoms with van der Waals surface area (Å²) in [6.45, 7) is 1.80. The number of benzene rings is 1. The Morgan fingerprint density at radius 3 is 2.65 bits per heavy atom. The zero-order valence-corrected chi connectivity index (χ0v) is 11.8. The van der Waals surface area contributed by atoms with Gasteiger partial charge in [-0.3, -0.25) is 9.59 Å². The maximum Gasteiger partial charge on any atom is 0.250 e. The third kappa shape index (κ3) is 3.89. The van der Waals surface area contributed by atoms with Gasteiger partial charge in [0.05, 0.1) is 0 Å². The summed E-state index contributed by atoms with van der Waals surface area (Å²) in [4.78, 5) is 27.5. The zero-order chi connectivity index (χ0) is 14.4. The van der Waals surface area contributed by atoms with Crippen LogP contribution in [0.1, 0.15) is 23.5 Å². The molecule has 1 heterocycles. The summed E-state index contributed by atoms with van der Waals surface area (Å²) in [5, 5.41) is 7.77. The summed E-state index contributed by atoms with van der Waals surface area (Å²) in [6, 6.07) is 8.85. The van der Waals surface area contributed by atoms with Crippen LogP contribution in [0.15, 0.2) is 41.9 Å². The maximum absolute atomic E-state index is 12.2. The quantitative estimate of drug-likeness (QED) is 0.879. The highest BCUT2D eigenvalue weighted by molar-refractivity contribution is 7.09. The molecule has 20 heavy (non-hydrogen) atoms. The first-order chi connectivity index (χ1) is 9.66. The number of nitrogens with one attached hydrogen (secondary N) is 2. The first kappa shape index (κ1) is 14.2. The number of aromatic nitrogens is 1. The molecule has 0 radical (unpaired) electrons. The van der Waals surface area contributed by atoms with E-state index in [4.69, 9.17) is 0 Å². The largest absolute Gasteiger partial charge is 0.350 e. The Hall–Kier alpha value is -2.21. The molecule has 1 aromatic heterocycles. The number of thiazole rings is 1. The van der Waals surface area contributed by atoms with Gasteiger partial charge >= 0.3 is 0 Å². The molecule has 0 saturated carbocycles. The minimum Gasteiger partial charge on any atom is -0.350 e. The second kappa shape index (κ2) is 6.81. The van der Waals surface area contributed by atoms with Gasteiger partial charge < -0.3 is 10.6 Å². The Labute approximate surface area is 121 Å². The summed E-state index contributed by atoms with van der Waals surface area (Å²) in [7, 11) is 0. The lowest BCUT2D eigenvalue weighted by Gasteiger charge is -2.15. The fraction of sp³-hybridized carbons (Fsp3) is 0.214. The van der Waals surface area contributed by atoms with Crippen LogP contribution in [0.25, 0.3) is 0 Å². The second-order valence-corrected chi connectivity index (χ2v) is 5.13. The number of carbonyl (C=O) groups excluding carboxylic acids is 2. The van der Waals surface area contributed by atoms with Gasteiger partial charge in [-0.2, -0.15) is 0 Å². The van der Waals surface area contributed by atoms with E-state index in [0.29, 0.717) is 11.6 Å². The molecule has 6 heteroatoms. The van der Waals surface area contributed by atoms with Gasteiger partial charge in [0.2, 0.25) is 11.8 Å². The first-order valence-corrected chi connectivity index (χ1v) is 7.03. The lowest BCUT2D eigenvalue weighted by molar-refractivity contribution is -0.128. The molecule has 1 aromatic carbocycles. The van der Waals surface area contributed by atoms with Crippen LogP contribution in [0.4, 0.5) is 0 Å². The van der Waals surface area contributed by atoms with Crippen LogP contribution in [-0.4, -0.2) is 16.8 Å². The summed E-state index contributed by atoms with van der Waals surface area (Å²) in [5.74, 6) is -0.529. The average Bonchev–Trinajstić information content (AvgIpc) is 2.97. The van der Waals surface area contributed by atoms with Crippen LogP contribution in [-0.2, 0) is 16.1 Å². The molecule has 1 atom stereocenters. The molecule has 0 bridgehead atoms. The highest BCUT2D eigenvalue weighted by atomic mass is 32.1. The summed E-state index contributed by atoms with van der Waals surface area (Å²) < 4.78 is 0. The van der Waals surface area contributed by atoms with Crippen LogP contribution >= 0.6 is 11.3 Å². The number of hydrogen-bond acceptors (Lipinski definition) is 4. The molecule has 5 nitrogen and oxygen atoms in total. The monoisotopic (exact) mass is 289 g/mol. The van der Waals surface area contributed by atoms with E-state index in [1.165, 1.54) is 18.3 Å². The van der Waals surface area contributed by atoms with Crippen molar-refractivity contribution in [1.29, 1.82) is 0 Å². The lowest BCUT2D eigenvalue weighted by atomic mass is 10.2. The van der Waals surface area contributed by atoms with E-state index in [1.54, 1.807) is 11.6 Å². The molecule has 0 spiro atoms. The third-order valence-electron chi connectivity index (χ3n) is 2.62. The van der Waals surface area contributed by atoms with Crippen LogP contribution < -0.4 is 10.6 Å². The smallest absolute Gasteiger partial charge is 0.250 e. The molecule has 0 aliphatic carbocycles. The standard InChI is InChI=1S/C14H15N3O2S/c1-10(18)17-12(14-15-7-8-20-14)13(19)16-9-11-5-3-2-4-6-11/h2-8,12H,9H2,1H3,(H,16,19)(H,17,18)/t12-/m1/s1. The number of amides is 2. The van der Waals surface area contributed by atoms with Crippen molar-refractivity contribution in [3.05, 3.63) is 52.5 Å². The molecular formula is C14H15N3O2S. The van der Waals surface area contributed by atoms with E-state index in [-0.39, 0.29) is 11.8 Å². The van der Waals surface area contributed by atoms with E-state index in [9.17, 15) is 9.59 Å². The third-order valence-corrected chi connectivity index (χ3v) is 3.46. The topological polar surface area (TPSA) is 71.1 Å². The Morgan fingerprint density at radius 1 is 1.30 bits per heavy atom. The lowest BCUT2D eigenvalue weighted by Crippen LogP contribution is -2.39. The van der Waals surface area contributed by atoms with Crippen LogP contribution in [0.2, 0.25) is 0 Å². The van der Waals surface area contributed by atoms with Crippen molar-refractivity contribution in [3.63, 3.8) is 0 Å². The average molecular weight is 289 g/mol. The van der Waals surface area contributed by atoms with E-state index in [1.807, 2.05) is 30.3 Å². The van der Waals surface area contributed by atoms with Gasteiger partial charge in [0.25, 0.3) is 0 Å². The van der Waals surface area contributed by atoms with Crippen LogP contribution in [0.3, 0.4) is 0 Å². The molecule has 2 amide bonds. The SMILES string of the molecule is CC(=O)N[C@H](C(=O)NCc1ccccc1)c1nccs1. The molecule has 0 aliphatic heterocycles. The van der Waals surface area contributed by atoms with Crippen molar-refractivity contribution in [2.24, 2.45) is 0 Å². The van der Waals surface area contributed by atoms with Gasteiger partial charge in [0, 0.05) is 25.0 Å². The van der Waals surface area contributed by atoms with Gasteiger partial charge in [0.1, 0.15) is 5.01 Å². The molecule has 2 rings (SSSR count). The Kier molecular flexibility index (Phi) is 4.84. The number of nitrogens with zero attached hydrogens (tertiary/aromatic N) is 1. The van der Waals surface area contributed by atoms with E-state index in [0.717, 1.165) is 5.56 Å². The minimum absolute atomic E-state index is 0.264. The molecule has 2 N–H and O–H groups in total. The normalized spacial score (nSPS) is 11.7. The van der Waals surface area contributed by atoms with Crippen LogP contribution in [0, 0.1) is 0 Å². The minimum atomic E-state index is -0.740. The molecule has 2 aromatic rings. The fourth-order valence-electron chi connectivity index (χ4n) is 1.71. The Bertz CT molecular complexity index is 569. The molecule has 0 aliphatic rings. The summed E-state index contributed by atoms with van der Waals surface area (Å²) in [5.41, 5.74) is 1.00. The molecule has 0 saturated heterocycles. The van der Waals surface area contributed by atoms with Gasteiger partial charge in [-0.1, -0.05) is 30.3 Å². The van der Waals surface area contributed by atoms with Gasteiger partial charge in [-0.25, -0.2) is 4.98 Å².